The second-order valence-electron chi connectivity index (χ2n) is 6.23. The zero-order valence-electron chi connectivity index (χ0n) is 13.5. The van der Waals surface area contributed by atoms with E-state index < -0.39 is 0 Å². The Bertz CT molecular complexity index is 385. The lowest BCUT2D eigenvalue weighted by atomic mass is 9.92. The van der Waals surface area contributed by atoms with Crippen LogP contribution in [0, 0.1) is 5.92 Å². The topological polar surface area (TPSA) is 35.5 Å². The van der Waals surface area contributed by atoms with Gasteiger partial charge in [0.2, 0.25) is 0 Å². The van der Waals surface area contributed by atoms with Crippen LogP contribution in [0.1, 0.15) is 44.7 Å². The minimum atomic E-state index is -0.147. The van der Waals surface area contributed by atoms with Crippen LogP contribution in [0.3, 0.4) is 0 Å². The van der Waals surface area contributed by atoms with Gasteiger partial charge in [-0.1, -0.05) is 37.3 Å². The third-order valence-electron chi connectivity index (χ3n) is 4.70. The van der Waals surface area contributed by atoms with E-state index in [1.54, 1.807) is 0 Å². The molecule has 0 amide bonds. The Labute approximate surface area is 129 Å². The molecule has 0 aromatic heterocycles. The second-order valence-corrected chi connectivity index (χ2v) is 6.23. The van der Waals surface area contributed by atoms with E-state index in [0.29, 0.717) is 12.0 Å². The van der Waals surface area contributed by atoms with Gasteiger partial charge in [-0.2, -0.15) is 0 Å². The third kappa shape index (κ3) is 5.10. The second kappa shape index (κ2) is 8.52. The lowest BCUT2D eigenvalue weighted by molar-refractivity contribution is 0.0706. The number of hydrogen-bond donors (Lipinski definition) is 2. The molecule has 1 aliphatic rings. The average molecular weight is 290 g/mol. The first-order valence-corrected chi connectivity index (χ1v) is 8.39. The molecule has 0 saturated carbocycles. The number of aliphatic hydroxyl groups is 1. The van der Waals surface area contributed by atoms with Gasteiger partial charge in [0, 0.05) is 6.04 Å². The van der Waals surface area contributed by atoms with Crippen molar-refractivity contribution in [1.82, 2.24) is 10.2 Å². The highest BCUT2D eigenvalue weighted by molar-refractivity contribution is 5.18. The number of rotatable bonds is 7. The summed E-state index contributed by atoms with van der Waals surface area (Å²) in [6, 6.07) is 11.2. The zero-order chi connectivity index (χ0) is 15.1. The van der Waals surface area contributed by atoms with Crippen LogP contribution in [0.4, 0.5) is 0 Å². The van der Waals surface area contributed by atoms with Gasteiger partial charge in [0.15, 0.2) is 0 Å². The molecule has 118 valence electrons. The molecular weight excluding hydrogens is 260 g/mol. The first-order chi connectivity index (χ1) is 10.2. The number of nitrogens with zero attached hydrogens (tertiary/aromatic N) is 1. The van der Waals surface area contributed by atoms with Crippen molar-refractivity contribution in [2.24, 2.45) is 5.92 Å². The smallest absolute Gasteiger partial charge is 0.0541 e. The summed E-state index contributed by atoms with van der Waals surface area (Å²) in [4.78, 5) is 2.55. The van der Waals surface area contributed by atoms with Gasteiger partial charge in [0.1, 0.15) is 0 Å². The number of hydrogen-bond acceptors (Lipinski definition) is 3. The lowest BCUT2D eigenvalue weighted by Crippen LogP contribution is -2.38. The summed E-state index contributed by atoms with van der Waals surface area (Å²) in [5.41, 5.74) is 1.39. The van der Waals surface area contributed by atoms with Crippen molar-refractivity contribution in [2.45, 2.75) is 45.3 Å². The van der Waals surface area contributed by atoms with E-state index in [-0.39, 0.29) is 6.10 Å². The number of benzene rings is 1. The monoisotopic (exact) mass is 290 g/mol. The maximum atomic E-state index is 9.67. The molecule has 2 unspecified atom stereocenters. The molecule has 1 aromatic carbocycles. The van der Waals surface area contributed by atoms with Crippen molar-refractivity contribution in [2.75, 3.05) is 26.2 Å². The highest BCUT2D eigenvalue weighted by Gasteiger charge is 2.23. The maximum absolute atomic E-state index is 9.67. The van der Waals surface area contributed by atoms with E-state index in [2.05, 4.69) is 47.5 Å². The van der Waals surface area contributed by atoms with Crippen LogP contribution in [0.25, 0.3) is 0 Å². The van der Waals surface area contributed by atoms with Gasteiger partial charge >= 0.3 is 0 Å². The Morgan fingerprint density at radius 1 is 1.24 bits per heavy atom. The molecule has 0 aliphatic carbocycles. The summed E-state index contributed by atoms with van der Waals surface area (Å²) in [6.45, 7) is 8.50. The summed E-state index contributed by atoms with van der Waals surface area (Å²) in [6.07, 6.45) is 3.27. The standard InChI is InChI=1S/C18H30N2O/c1-3-19-18(17-7-5-4-6-8-17)11-14-20-12-9-16(10-13-20)15(2)21/h4-8,15-16,18-19,21H,3,9-14H2,1-2H3. The first-order valence-electron chi connectivity index (χ1n) is 8.39. The molecule has 1 heterocycles. The fourth-order valence-electron chi connectivity index (χ4n) is 3.29. The fraction of sp³-hybridized carbons (Fsp3) is 0.667. The van der Waals surface area contributed by atoms with Gasteiger partial charge < -0.3 is 15.3 Å². The van der Waals surface area contributed by atoms with E-state index in [0.717, 1.165) is 45.4 Å². The number of likely N-dealkylation sites (tertiary alicyclic amines) is 1. The molecule has 0 bridgehead atoms. The van der Waals surface area contributed by atoms with E-state index in [1.165, 1.54) is 5.56 Å². The van der Waals surface area contributed by atoms with E-state index >= 15 is 0 Å². The Hall–Kier alpha value is -0.900. The summed E-state index contributed by atoms with van der Waals surface area (Å²) in [5, 5.41) is 13.3. The predicted octanol–water partition coefficient (Wildman–Crippen LogP) is 2.82. The van der Waals surface area contributed by atoms with Crippen LogP contribution in [-0.4, -0.2) is 42.3 Å². The maximum Gasteiger partial charge on any atom is 0.0541 e. The minimum Gasteiger partial charge on any atom is -0.393 e. The number of aliphatic hydroxyl groups excluding tert-OH is 1. The summed E-state index contributed by atoms with van der Waals surface area (Å²) in [5.74, 6) is 0.500. The first kappa shape index (κ1) is 16.5. The molecule has 2 atom stereocenters. The molecule has 2 N–H and O–H groups in total. The van der Waals surface area contributed by atoms with Gasteiger partial charge in [0.25, 0.3) is 0 Å². The van der Waals surface area contributed by atoms with Crippen LogP contribution in [0.5, 0.6) is 0 Å². The SMILES string of the molecule is CCNC(CCN1CCC(C(C)O)CC1)c1ccccc1. The summed E-state index contributed by atoms with van der Waals surface area (Å²) < 4.78 is 0. The molecule has 3 heteroatoms. The van der Waals surface area contributed by atoms with E-state index in [9.17, 15) is 5.11 Å². The summed E-state index contributed by atoms with van der Waals surface area (Å²) in [7, 11) is 0. The van der Waals surface area contributed by atoms with Gasteiger partial charge in [-0.05, 0) is 63.8 Å². The highest BCUT2D eigenvalue weighted by Crippen LogP contribution is 2.22. The van der Waals surface area contributed by atoms with Crippen molar-refractivity contribution >= 4 is 0 Å². The predicted molar refractivity (Wildman–Crippen MR) is 88.3 cm³/mol. The zero-order valence-corrected chi connectivity index (χ0v) is 13.5. The van der Waals surface area contributed by atoms with Gasteiger partial charge in [-0.25, -0.2) is 0 Å². The minimum absolute atomic E-state index is 0.147. The highest BCUT2D eigenvalue weighted by atomic mass is 16.3. The molecule has 1 saturated heterocycles. The number of piperidine rings is 1. The van der Waals surface area contributed by atoms with Gasteiger partial charge in [0.05, 0.1) is 6.10 Å². The molecule has 3 nitrogen and oxygen atoms in total. The Morgan fingerprint density at radius 3 is 2.48 bits per heavy atom. The van der Waals surface area contributed by atoms with Crippen LogP contribution in [0.15, 0.2) is 30.3 Å². The molecule has 0 radical (unpaired) electrons. The van der Waals surface area contributed by atoms with E-state index in [1.807, 2.05) is 6.92 Å². The average Bonchev–Trinajstić information content (AvgIpc) is 2.52. The Morgan fingerprint density at radius 2 is 1.90 bits per heavy atom. The lowest BCUT2D eigenvalue weighted by Gasteiger charge is -2.34. The molecule has 2 rings (SSSR count). The van der Waals surface area contributed by atoms with Crippen molar-refractivity contribution in [3.63, 3.8) is 0 Å². The van der Waals surface area contributed by atoms with Crippen molar-refractivity contribution in [3.05, 3.63) is 35.9 Å². The molecule has 1 aromatic rings. The van der Waals surface area contributed by atoms with Crippen molar-refractivity contribution in [1.29, 1.82) is 0 Å². The van der Waals surface area contributed by atoms with Crippen LogP contribution in [-0.2, 0) is 0 Å². The van der Waals surface area contributed by atoms with Crippen LogP contribution in [0.2, 0.25) is 0 Å². The van der Waals surface area contributed by atoms with Gasteiger partial charge in [-0.3, -0.25) is 0 Å². The molecule has 1 aliphatic heterocycles. The molecule has 1 fully saturated rings. The Kier molecular flexibility index (Phi) is 6.68. The van der Waals surface area contributed by atoms with E-state index in [4.69, 9.17) is 0 Å². The summed E-state index contributed by atoms with van der Waals surface area (Å²) >= 11 is 0. The van der Waals surface area contributed by atoms with Crippen LogP contribution >= 0.6 is 0 Å². The Balaban J connectivity index is 1.80. The largest absolute Gasteiger partial charge is 0.393 e. The molecule has 0 spiro atoms. The molecular formula is C18H30N2O. The van der Waals surface area contributed by atoms with Crippen LogP contribution < -0.4 is 5.32 Å². The van der Waals surface area contributed by atoms with Crippen molar-refractivity contribution < 1.29 is 5.11 Å². The third-order valence-corrected chi connectivity index (χ3v) is 4.70. The molecule has 21 heavy (non-hydrogen) atoms. The fourth-order valence-corrected chi connectivity index (χ4v) is 3.29. The number of nitrogens with one attached hydrogen (secondary N) is 1. The van der Waals surface area contributed by atoms with Gasteiger partial charge in [-0.15, -0.1) is 0 Å². The quantitative estimate of drug-likeness (QED) is 0.810. The normalized spacial score (nSPS) is 20.3. The van der Waals surface area contributed by atoms with Crippen molar-refractivity contribution in [3.8, 4) is 0 Å².